The number of carbonyl (C=O) groups is 1. The molecule has 0 bridgehead atoms. The highest BCUT2D eigenvalue weighted by Crippen LogP contribution is 2.37. The van der Waals surface area contributed by atoms with Gasteiger partial charge in [0, 0.05) is 6.42 Å². The zero-order chi connectivity index (χ0) is 8.11. The Labute approximate surface area is 64.5 Å². The first-order chi connectivity index (χ1) is 5.02. The maximum Gasteiger partial charge on any atom is 0.306 e. The first-order valence-electron chi connectivity index (χ1n) is 3.44. The molecule has 0 aliphatic carbocycles. The van der Waals surface area contributed by atoms with Crippen LogP contribution in [-0.4, -0.2) is 31.5 Å². The van der Waals surface area contributed by atoms with Crippen molar-refractivity contribution in [1.29, 1.82) is 0 Å². The van der Waals surface area contributed by atoms with Gasteiger partial charge in [0.1, 0.15) is 5.60 Å². The van der Waals surface area contributed by atoms with E-state index >= 15 is 0 Å². The van der Waals surface area contributed by atoms with E-state index in [1.807, 2.05) is 0 Å². The van der Waals surface area contributed by atoms with Crippen LogP contribution in [-0.2, 0) is 19.4 Å². The molecule has 0 amide bonds. The lowest BCUT2D eigenvalue weighted by Crippen LogP contribution is -2.54. The summed E-state index contributed by atoms with van der Waals surface area (Å²) in [6.45, 7) is 0. The normalized spacial score (nSPS) is 31.5. The van der Waals surface area contributed by atoms with Crippen LogP contribution in [0.25, 0.3) is 0 Å². The molecule has 0 N–H and O–H groups in total. The predicted molar refractivity (Wildman–Crippen MR) is 36.7 cm³/mol. The molecule has 2 fully saturated rings. The molecule has 11 heavy (non-hydrogen) atoms. The molecule has 0 atom stereocenters. The summed E-state index contributed by atoms with van der Waals surface area (Å²) in [4.78, 5) is 10.6. The van der Waals surface area contributed by atoms with Crippen LogP contribution in [0, 0.1) is 0 Å². The van der Waals surface area contributed by atoms with Gasteiger partial charge in [-0.05, 0) is 6.42 Å². The van der Waals surface area contributed by atoms with Gasteiger partial charge in [-0.15, -0.1) is 0 Å². The summed E-state index contributed by atoms with van der Waals surface area (Å²) in [6, 6.07) is 0. The van der Waals surface area contributed by atoms with Crippen LogP contribution < -0.4 is 0 Å². The van der Waals surface area contributed by atoms with E-state index in [0.29, 0.717) is 12.8 Å². The third kappa shape index (κ3) is 1.03. The fourth-order valence-electron chi connectivity index (χ4n) is 1.64. The van der Waals surface area contributed by atoms with Crippen molar-refractivity contribution in [2.24, 2.45) is 0 Å². The molecule has 0 aromatic rings. The lowest BCUT2D eigenvalue weighted by atomic mass is 10.1. The van der Waals surface area contributed by atoms with Gasteiger partial charge in [-0.2, -0.15) is 0 Å². The van der Waals surface area contributed by atoms with E-state index in [1.54, 1.807) is 0 Å². The molecular weight excluding hydrogens is 168 g/mol. The van der Waals surface area contributed by atoms with Gasteiger partial charge in [0.25, 0.3) is 0 Å². The number of hydrogen-bond donors (Lipinski definition) is 0. The van der Waals surface area contributed by atoms with E-state index in [4.69, 9.17) is 4.74 Å². The molecule has 2 saturated heterocycles. The molecule has 0 saturated carbocycles. The molecule has 0 radical (unpaired) electrons. The fourth-order valence-corrected chi connectivity index (χ4v) is 3.56. The van der Waals surface area contributed by atoms with Crippen molar-refractivity contribution in [3.05, 3.63) is 0 Å². The molecule has 0 unspecified atom stereocenters. The Bertz CT molecular complexity index is 291. The highest BCUT2D eigenvalue weighted by Gasteiger charge is 2.54. The van der Waals surface area contributed by atoms with Gasteiger partial charge < -0.3 is 4.74 Å². The van der Waals surface area contributed by atoms with Crippen LogP contribution in [0.2, 0.25) is 0 Å². The summed E-state index contributed by atoms with van der Waals surface area (Å²) in [7, 11) is -2.87. The van der Waals surface area contributed by atoms with E-state index in [-0.39, 0.29) is 17.5 Å². The van der Waals surface area contributed by atoms with Crippen LogP contribution in [0.3, 0.4) is 0 Å². The van der Waals surface area contributed by atoms with E-state index in [9.17, 15) is 13.2 Å². The van der Waals surface area contributed by atoms with Crippen LogP contribution in [0.4, 0.5) is 0 Å². The van der Waals surface area contributed by atoms with Gasteiger partial charge in [0.15, 0.2) is 9.84 Å². The van der Waals surface area contributed by atoms with Crippen molar-refractivity contribution in [3.8, 4) is 0 Å². The van der Waals surface area contributed by atoms with Gasteiger partial charge >= 0.3 is 5.97 Å². The summed E-state index contributed by atoms with van der Waals surface area (Å²) >= 11 is 0. The SMILES string of the molecule is O=C1CCC2(CS(=O)(=O)C2)O1. The zero-order valence-electron chi connectivity index (χ0n) is 5.87. The van der Waals surface area contributed by atoms with Crippen LogP contribution >= 0.6 is 0 Å². The number of ether oxygens (including phenoxy) is 1. The average molecular weight is 176 g/mol. The van der Waals surface area contributed by atoms with Gasteiger partial charge in [0.05, 0.1) is 11.5 Å². The highest BCUT2D eigenvalue weighted by molar-refractivity contribution is 7.93. The Morgan fingerprint density at radius 3 is 2.36 bits per heavy atom. The molecule has 2 heterocycles. The zero-order valence-corrected chi connectivity index (χ0v) is 6.69. The van der Waals surface area contributed by atoms with E-state index in [0.717, 1.165) is 0 Å². The highest BCUT2D eigenvalue weighted by atomic mass is 32.2. The lowest BCUT2D eigenvalue weighted by molar-refractivity contribution is -0.146. The van der Waals surface area contributed by atoms with Crippen molar-refractivity contribution in [2.75, 3.05) is 11.5 Å². The van der Waals surface area contributed by atoms with Crippen LogP contribution in [0.5, 0.6) is 0 Å². The second kappa shape index (κ2) is 1.77. The first kappa shape index (κ1) is 7.09. The Kier molecular flexibility index (Phi) is 1.14. The lowest BCUT2D eigenvalue weighted by Gasteiger charge is -2.35. The summed E-state index contributed by atoms with van der Waals surface area (Å²) in [6.07, 6.45) is 0.945. The Hall–Kier alpha value is -0.580. The number of esters is 1. The molecular formula is C6H8O4S. The third-order valence-electron chi connectivity index (χ3n) is 2.08. The molecule has 2 rings (SSSR count). The smallest absolute Gasteiger partial charge is 0.306 e. The first-order valence-corrected chi connectivity index (χ1v) is 5.26. The van der Waals surface area contributed by atoms with Gasteiger partial charge in [-0.25, -0.2) is 8.42 Å². The van der Waals surface area contributed by atoms with E-state index in [2.05, 4.69) is 0 Å². The van der Waals surface area contributed by atoms with Crippen molar-refractivity contribution in [3.63, 3.8) is 0 Å². The number of rotatable bonds is 0. The maximum absolute atomic E-state index is 10.8. The molecule has 2 aliphatic rings. The van der Waals surface area contributed by atoms with E-state index in [1.165, 1.54) is 0 Å². The van der Waals surface area contributed by atoms with Crippen molar-refractivity contribution in [1.82, 2.24) is 0 Å². The maximum atomic E-state index is 10.8. The number of sulfone groups is 1. The molecule has 62 valence electrons. The third-order valence-corrected chi connectivity index (χ3v) is 4.01. The minimum atomic E-state index is -2.87. The molecule has 4 nitrogen and oxygen atoms in total. The minimum absolute atomic E-state index is 0.0335. The standard InChI is InChI=1S/C6H8O4S/c7-5-1-2-6(10-5)3-11(8,9)4-6/h1-4H2. The summed E-state index contributed by atoms with van der Waals surface area (Å²) < 4.78 is 26.4. The second-order valence-electron chi connectivity index (χ2n) is 3.19. The van der Waals surface area contributed by atoms with Gasteiger partial charge in [-0.1, -0.05) is 0 Å². The average Bonchev–Trinajstić information content (AvgIpc) is 2.08. The van der Waals surface area contributed by atoms with Crippen LogP contribution in [0.15, 0.2) is 0 Å². The summed E-state index contributed by atoms with van der Waals surface area (Å²) in [5.41, 5.74) is -0.615. The van der Waals surface area contributed by atoms with Crippen molar-refractivity contribution in [2.45, 2.75) is 18.4 Å². The Morgan fingerprint density at radius 1 is 1.36 bits per heavy atom. The topological polar surface area (TPSA) is 60.4 Å². The molecule has 2 aliphatic heterocycles. The monoisotopic (exact) mass is 176 g/mol. The van der Waals surface area contributed by atoms with Gasteiger partial charge in [0.2, 0.25) is 0 Å². The van der Waals surface area contributed by atoms with E-state index < -0.39 is 15.4 Å². The van der Waals surface area contributed by atoms with Gasteiger partial charge in [-0.3, -0.25) is 4.79 Å². The second-order valence-corrected chi connectivity index (χ2v) is 5.25. The number of carbonyl (C=O) groups excluding carboxylic acids is 1. The molecule has 0 aromatic carbocycles. The summed E-state index contributed by atoms with van der Waals surface area (Å²) in [5.74, 6) is -0.197. The van der Waals surface area contributed by atoms with Crippen molar-refractivity contribution < 1.29 is 17.9 Å². The van der Waals surface area contributed by atoms with Crippen LogP contribution in [0.1, 0.15) is 12.8 Å². The Balaban J connectivity index is 2.14. The largest absolute Gasteiger partial charge is 0.457 e. The predicted octanol–water partition coefficient (Wildman–Crippen LogP) is -0.509. The molecule has 5 heteroatoms. The number of hydrogen-bond acceptors (Lipinski definition) is 4. The summed E-state index contributed by atoms with van der Waals surface area (Å²) in [5, 5.41) is 0. The fraction of sp³-hybridized carbons (Fsp3) is 0.833. The molecule has 1 spiro atoms. The molecule has 0 aromatic heterocycles. The Morgan fingerprint density at radius 2 is 2.00 bits per heavy atom. The minimum Gasteiger partial charge on any atom is -0.457 e. The van der Waals surface area contributed by atoms with Crippen molar-refractivity contribution >= 4 is 15.8 Å². The quantitative estimate of drug-likeness (QED) is 0.466.